The van der Waals surface area contributed by atoms with E-state index in [4.69, 9.17) is 9.84 Å². The Bertz CT molecular complexity index is 544. The third kappa shape index (κ3) is 2.78. The van der Waals surface area contributed by atoms with E-state index < -0.39 is 11.9 Å². The molecule has 112 valence electrons. The second-order valence-corrected chi connectivity index (χ2v) is 5.86. The Morgan fingerprint density at radius 3 is 2.57 bits per heavy atom. The third-order valence-electron chi connectivity index (χ3n) is 4.31. The number of carbonyl (C=O) groups excluding carboxylic acids is 1. The zero-order valence-electron chi connectivity index (χ0n) is 11.9. The first-order valence-corrected chi connectivity index (χ1v) is 7.27. The van der Waals surface area contributed by atoms with E-state index in [1.807, 2.05) is 37.3 Å². The van der Waals surface area contributed by atoms with Gasteiger partial charge in [0.1, 0.15) is 6.10 Å². The topological polar surface area (TPSA) is 66.8 Å². The number of hydrogen-bond donors (Lipinski definition) is 1. The van der Waals surface area contributed by atoms with Gasteiger partial charge in [-0.15, -0.1) is 0 Å². The number of benzene rings is 1. The molecule has 3 rings (SSSR count). The molecule has 1 aliphatic carbocycles. The van der Waals surface area contributed by atoms with Gasteiger partial charge < -0.3 is 14.7 Å². The van der Waals surface area contributed by atoms with Gasteiger partial charge in [-0.3, -0.25) is 9.59 Å². The van der Waals surface area contributed by atoms with Crippen molar-refractivity contribution in [3.05, 3.63) is 35.9 Å². The van der Waals surface area contributed by atoms with Crippen molar-refractivity contribution >= 4 is 11.9 Å². The lowest BCUT2D eigenvalue weighted by molar-refractivity contribution is -0.149. The minimum atomic E-state index is -0.867. The second kappa shape index (κ2) is 5.48. The maximum Gasteiger partial charge on any atom is 0.307 e. The summed E-state index contributed by atoms with van der Waals surface area (Å²) >= 11 is 0. The normalized spacial score (nSPS) is 31.8. The molecule has 2 aliphatic rings. The van der Waals surface area contributed by atoms with Crippen molar-refractivity contribution in [1.82, 2.24) is 4.90 Å². The third-order valence-corrected chi connectivity index (χ3v) is 4.31. The van der Waals surface area contributed by atoms with Crippen molar-refractivity contribution in [3.8, 4) is 0 Å². The molecule has 21 heavy (non-hydrogen) atoms. The molecule has 4 atom stereocenters. The first-order valence-electron chi connectivity index (χ1n) is 7.27. The highest BCUT2D eigenvalue weighted by Crippen LogP contribution is 2.41. The van der Waals surface area contributed by atoms with Crippen LogP contribution in [0.25, 0.3) is 0 Å². The van der Waals surface area contributed by atoms with E-state index in [-0.39, 0.29) is 24.0 Å². The van der Waals surface area contributed by atoms with Crippen LogP contribution < -0.4 is 0 Å². The zero-order chi connectivity index (χ0) is 15.0. The highest BCUT2D eigenvalue weighted by Gasteiger charge is 2.51. The SMILES string of the molecule is C[C@@H]1CO[C@H](c2ccccc2)CN1C(=O)[C@H]1C[C@@H]1C(=O)O. The van der Waals surface area contributed by atoms with Gasteiger partial charge >= 0.3 is 5.97 Å². The Balaban J connectivity index is 1.70. The van der Waals surface area contributed by atoms with E-state index in [9.17, 15) is 9.59 Å². The maximum atomic E-state index is 12.5. The summed E-state index contributed by atoms with van der Waals surface area (Å²) < 4.78 is 5.82. The smallest absolute Gasteiger partial charge is 0.307 e. The first-order chi connectivity index (χ1) is 10.1. The number of carbonyl (C=O) groups is 2. The van der Waals surface area contributed by atoms with Gasteiger partial charge in [0.25, 0.3) is 0 Å². The van der Waals surface area contributed by atoms with Crippen molar-refractivity contribution in [3.63, 3.8) is 0 Å². The van der Waals surface area contributed by atoms with Crippen LogP contribution in [0.3, 0.4) is 0 Å². The number of rotatable bonds is 3. The van der Waals surface area contributed by atoms with Crippen LogP contribution in [0, 0.1) is 11.8 Å². The summed E-state index contributed by atoms with van der Waals surface area (Å²) in [7, 11) is 0. The molecule has 1 heterocycles. The second-order valence-electron chi connectivity index (χ2n) is 5.86. The summed E-state index contributed by atoms with van der Waals surface area (Å²) in [6.07, 6.45) is 0.335. The standard InChI is InChI=1S/C16H19NO4/c1-10-9-21-14(11-5-3-2-4-6-11)8-17(10)15(18)12-7-13(12)16(19)20/h2-6,10,12-14H,7-9H2,1H3,(H,19,20)/t10-,12+,13+,14+/m1/s1. The van der Waals surface area contributed by atoms with Gasteiger partial charge in [0.15, 0.2) is 0 Å². The molecule has 0 spiro atoms. The van der Waals surface area contributed by atoms with Gasteiger partial charge in [-0.05, 0) is 18.9 Å². The van der Waals surface area contributed by atoms with Crippen LogP contribution in [0.2, 0.25) is 0 Å². The average molecular weight is 289 g/mol. The summed E-state index contributed by atoms with van der Waals surface area (Å²) in [4.78, 5) is 25.2. The fraction of sp³-hybridized carbons (Fsp3) is 0.500. The summed E-state index contributed by atoms with van der Waals surface area (Å²) in [5.41, 5.74) is 1.05. The largest absolute Gasteiger partial charge is 0.481 e. The molecule has 1 saturated carbocycles. The number of carboxylic acid groups (broad SMARTS) is 1. The fourth-order valence-electron chi connectivity index (χ4n) is 2.89. The molecule has 1 aliphatic heterocycles. The van der Waals surface area contributed by atoms with Crippen LogP contribution in [-0.4, -0.2) is 41.1 Å². The number of morpholine rings is 1. The minimum Gasteiger partial charge on any atom is -0.481 e. The van der Waals surface area contributed by atoms with Gasteiger partial charge in [0.05, 0.1) is 31.0 Å². The van der Waals surface area contributed by atoms with Crippen molar-refractivity contribution in [2.24, 2.45) is 11.8 Å². The van der Waals surface area contributed by atoms with Crippen LogP contribution in [-0.2, 0) is 14.3 Å². The van der Waals surface area contributed by atoms with Crippen LogP contribution in [0.15, 0.2) is 30.3 Å². The molecule has 0 aromatic heterocycles. The molecule has 1 saturated heterocycles. The van der Waals surface area contributed by atoms with E-state index in [0.29, 0.717) is 19.6 Å². The molecule has 1 aromatic carbocycles. The van der Waals surface area contributed by atoms with Crippen LogP contribution in [0.5, 0.6) is 0 Å². The minimum absolute atomic E-state index is 0.00694. The van der Waals surface area contributed by atoms with E-state index in [2.05, 4.69) is 0 Å². The Kier molecular flexibility index (Phi) is 3.68. The van der Waals surface area contributed by atoms with Gasteiger partial charge in [0, 0.05) is 0 Å². The molecular formula is C16H19NO4. The molecule has 0 unspecified atom stereocenters. The summed E-state index contributed by atoms with van der Waals surface area (Å²) in [6.45, 7) is 2.92. The van der Waals surface area contributed by atoms with Gasteiger partial charge in [-0.2, -0.15) is 0 Å². The first kappa shape index (κ1) is 14.1. The monoisotopic (exact) mass is 289 g/mol. The molecule has 0 bridgehead atoms. The molecule has 1 N–H and O–H groups in total. The van der Waals surface area contributed by atoms with E-state index >= 15 is 0 Å². The molecular weight excluding hydrogens is 270 g/mol. The van der Waals surface area contributed by atoms with Crippen LogP contribution in [0.4, 0.5) is 0 Å². The zero-order valence-corrected chi connectivity index (χ0v) is 11.9. The van der Waals surface area contributed by atoms with Crippen molar-refractivity contribution in [2.75, 3.05) is 13.2 Å². The molecule has 0 radical (unpaired) electrons. The number of nitrogens with zero attached hydrogens (tertiary/aromatic N) is 1. The molecule has 2 fully saturated rings. The number of aliphatic carboxylic acids is 1. The van der Waals surface area contributed by atoms with Gasteiger partial charge in [0.2, 0.25) is 5.91 Å². The van der Waals surface area contributed by atoms with Gasteiger partial charge in [-0.1, -0.05) is 30.3 Å². The lowest BCUT2D eigenvalue weighted by atomic mass is 10.1. The molecule has 5 heteroatoms. The predicted molar refractivity (Wildman–Crippen MR) is 75.5 cm³/mol. The number of amides is 1. The predicted octanol–water partition coefficient (Wildman–Crippen LogP) is 1.70. The van der Waals surface area contributed by atoms with E-state index in [0.717, 1.165) is 5.56 Å². The van der Waals surface area contributed by atoms with Crippen LogP contribution in [0.1, 0.15) is 25.0 Å². The van der Waals surface area contributed by atoms with E-state index in [1.165, 1.54) is 0 Å². The van der Waals surface area contributed by atoms with Gasteiger partial charge in [-0.25, -0.2) is 0 Å². The van der Waals surface area contributed by atoms with Crippen molar-refractivity contribution in [1.29, 1.82) is 0 Å². The molecule has 1 aromatic rings. The molecule has 5 nitrogen and oxygen atoms in total. The van der Waals surface area contributed by atoms with Crippen LogP contribution >= 0.6 is 0 Å². The number of ether oxygens (including phenoxy) is 1. The highest BCUT2D eigenvalue weighted by atomic mass is 16.5. The maximum absolute atomic E-state index is 12.5. The highest BCUT2D eigenvalue weighted by molar-refractivity contribution is 5.89. The summed E-state index contributed by atoms with van der Waals surface area (Å²) in [5.74, 6) is -1.75. The fourth-order valence-corrected chi connectivity index (χ4v) is 2.89. The Morgan fingerprint density at radius 2 is 1.95 bits per heavy atom. The summed E-state index contributed by atoms with van der Waals surface area (Å²) in [6, 6.07) is 9.81. The van der Waals surface area contributed by atoms with E-state index in [1.54, 1.807) is 4.90 Å². The quantitative estimate of drug-likeness (QED) is 0.919. The number of carboxylic acids is 1. The van der Waals surface area contributed by atoms with Crippen molar-refractivity contribution in [2.45, 2.75) is 25.5 Å². The van der Waals surface area contributed by atoms with Crippen molar-refractivity contribution < 1.29 is 19.4 Å². The Morgan fingerprint density at radius 1 is 1.24 bits per heavy atom. The lowest BCUT2D eigenvalue weighted by Crippen LogP contribution is -2.49. The lowest BCUT2D eigenvalue weighted by Gasteiger charge is -2.38. The average Bonchev–Trinajstić information content (AvgIpc) is 3.29. The number of hydrogen-bond acceptors (Lipinski definition) is 3. The summed E-state index contributed by atoms with van der Waals surface area (Å²) in [5, 5.41) is 8.97. The Hall–Kier alpha value is -1.88. The Labute approximate surface area is 123 Å². The molecule has 1 amide bonds.